The average Bonchev–Trinajstić information content (AvgIpc) is 0.920. The number of ether oxygens (including phenoxy) is 3. The van der Waals surface area contributed by atoms with Gasteiger partial charge in [0.05, 0.1) is 26.4 Å². The number of rotatable bonds is 82. The van der Waals surface area contributed by atoms with E-state index in [1.165, 1.54) is 193 Å². The zero-order valence-electron chi connectivity index (χ0n) is 68.0. The Labute approximate surface area is 653 Å². The molecule has 0 aromatic carbocycles. The molecule has 0 amide bonds. The van der Waals surface area contributed by atoms with Crippen molar-refractivity contribution in [2.24, 2.45) is 0 Å². The van der Waals surface area contributed by atoms with Gasteiger partial charge >= 0.3 is 33.6 Å². The van der Waals surface area contributed by atoms with Crippen LogP contribution in [0.3, 0.4) is 0 Å². The number of aliphatic hydroxyl groups is 2. The lowest BCUT2D eigenvalue weighted by Gasteiger charge is -2.21. The Morgan fingerprint density at radius 3 is 0.804 bits per heavy atom. The van der Waals surface area contributed by atoms with Crippen molar-refractivity contribution in [1.82, 2.24) is 0 Å². The van der Waals surface area contributed by atoms with Crippen LogP contribution in [0.5, 0.6) is 0 Å². The van der Waals surface area contributed by atoms with Gasteiger partial charge in [0, 0.05) is 19.3 Å². The SMILES string of the molecule is CC/C=C\C/C=C\C/C=C\C/C=C\C/C=C\CCCCCCCCCCCC(=O)OCC(COP(=O)(O)OCC(O)COP(=O)(O)OCC(O)COC(=O)CCCCCCCCCCCCCCCCCCC/C=C\C/C=C\C/C=C\C/C=C\CCCCC)OC(=O)CCCCCCCCCCCCCCC. The number of allylic oxidation sites excluding steroid dienone is 18. The molecule has 18 heteroatoms. The molecule has 0 aliphatic heterocycles. The maximum Gasteiger partial charge on any atom is 0.472 e. The molecule has 16 nitrogen and oxygen atoms in total. The van der Waals surface area contributed by atoms with Crippen molar-refractivity contribution in [3.8, 4) is 0 Å². The number of esters is 3. The van der Waals surface area contributed by atoms with E-state index >= 15 is 0 Å². The molecule has 0 aromatic rings. The molecule has 107 heavy (non-hydrogen) atoms. The van der Waals surface area contributed by atoms with Crippen molar-refractivity contribution in [1.29, 1.82) is 0 Å². The van der Waals surface area contributed by atoms with Gasteiger partial charge in [-0.15, -0.1) is 0 Å². The predicted octanol–water partition coefficient (Wildman–Crippen LogP) is 25.9. The van der Waals surface area contributed by atoms with Crippen LogP contribution in [0.25, 0.3) is 0 Å². The fourth-order valence-corrected chi connectivity index (χ4v) is 13.5. The summed E-state index contributed by atoms with van der Waals surface area (Å²) in [6.07, 6.45) is 97.2. The van der Waals surface area contributed by atoms with Gasteiger partial charge < -0.3 is 34.2 Å². The van der Waals surface area contributed by atoms with Gasteiger partial charge in [0.15, 0.2) is 6.10 Å². The third kappa shape index (κ3) is 83.0. The summed E-state index contributed by atoms with van der Waals surface area (Å²) in [6.45, 7) is 2.59. The molecule has 0 rings (SSSR count). The van der Waals surface area contributed by atoms with Crippen LogP contribution in [0.4, 0.5) is 0 Å². The third-order valence-electron chi connectivity index (χ3n) is 18.5. The maximum atomic E-state index is 13.0. The van der Waals surface area contributed by atoms with Crippen molar-refractivity contribution in [2.45, 2.75) is 399 Å². The van der Waals surface area contributed by atoms with Crippen LogP contribution >= 0.6 is 15.6 Å². The van der Waals surface area contributed by atoms with E-state index in [0.29, 0.717) is 19.3 Å². The van der Waals surface area contributed by atoms with E-state index in [9.17, 15) is 43.5 Å². The summed E-state index contributed by atoms with van der Waals surface area (Å²) < 4.78 is 61.3. The first kappa shape index (κ1) is 103. The van der Waals surface area contributed by atoms with E-state index in [4.69, 9.17) is 32.3 Å². The van der Waals surface area contributed by atoms with Crippen LogP contribution in [0.15, 0.2) is 109 Å². The first-order valence-electron chi connectivity index (χ1n) is 43.2. The number of hydrogen-bond donors (Lipinski definition) is 4. The predicted molar refractivity (Wildman–Crippen MR) is 445 cm³/mol. The molecule has 0 bridgehead atoms. The second kappa shape index (κ2) is 81.7. The van der Waals surface area contributed by atoms with Crippen LogP contribution < -0.4 is 0 Å². The first-order valence-corrected chi connectivity index (χ1v) is 46.2. The van der Waals surface area contributed by atoms with Crippen molar-refractivity contribution >= 4 is 33.6 Å². The number of unbranched alkanes of at least 4 members (excludes halogenated alkanes) is 41. The highest BCUT2D eigenvalue weighted by Gasteiger charge is 2.29. The van der Waals surface area contributed by atoms with Crippen LogP contribution in [0.1, 0.15) is 380 Å². The number of phosphoric ester groups is 2. The molecule has 0 saturated heterocycles. The largest absolute Gasteiger partial charge is 0.472 e. The monoisotopic (exact) mass is 1550 g/mol. The third-order valence-corrected chi connectivity index (χ3v) is 20.4. The minimum absolute atomic E-state index is 0.106. The van der Waals surface area contributed by atoms with E-state index < -0.39 is 91.5 Å². The lowest BCUT2D eigenvalue weighted by molar-refractivity contribution is -0.161. The second-order valence-corrected chi connectivity index (χ2v) is 31.9. The van der Waals surface area contributed by atoms with E-state index in [2.05, 4.69) is 130 Å². The molecule has 0 heterocycles. The molecule has 0 spiro atoms. The minimum atomic E-state index is -4.93. The molecule has 0 saturated carbocycles. The van der Waals surface area contributed by atoms with Crippen LogP contribution in [0, 0.1) is 0 Å². The number of hydrogen-bond acceptors (Lipinski definition) is 14. The molecule has 0 aliphatic rings. The van der Waals surface area contributed by atoms with Gasteiger partial charge in [0.1, 0.15) is 25.4 Å². The van der Waals surface area contributed by atoms with Crippen LogP contribution in [-0.4, -0.2) is 95.9 Å². The quantitative estimate of drug-likeness (QED) is 0.0146. The van der Waals surface area contributed by atoms with Crippen LogP contribution in [-0.2, 0) is 55.8 Å². The first-order chi connectivity index (χ1) is 52.2. The summed E-state index contributed by atoms with van der Waals surface area (Å²) in [5.74, 6) is -1.56. The van der Waals surface area contributed by atoms with Crippen molar-refractivity contribution < 1.29 is 75.8 Å². The summed E-state index contributed by atoms with van der Waals surface area (Å²) in [5.41, 5.74) is 0. The zero-order chi connectivity index (χ0) is 78.0. The number of aliphatic hydroxyl groups excluding tert-OH is 2. The van der Waals surface area contributed by atoms with Crippen molar-refractivity contribution in [2.75, 3.05) is 39.6 Å². The normalized spacial score (nSPS) is 14.4. The smallest absolute Gasteiger partial charge is 0.463 e. The number of carbonyl (C=O) groups excluding carboxylic acids is 3. The highest BCUT2D eigenvalue weighted by Crippen LogP contribution is 2.45. The van der Waals surface area contributed by atoms with Crippen molar-refractivity contribution in [3.05, 3.63) is 109 Å². The van der Waals surface area contributed by atoms with E-state index in [1.54, 1.807) is 0 Å². The number of carbonyl (C=O) groups is 3. The van der Waals surface area contributed by atoms with Gasteiger partial charge in [-0.1, -0.05) is 361 Å². The van der Waals surface area contributed by atoms with Gasteiger partial charge in [-0.3, -0.25) is 32.5 Å². The lowest BCUT2D eigenvalue weighted by Crippen LogP contribution is -2.30. The highest BCUT2D eigenvalue weighted by atomic mass is 31.2. The molecule has 5 unspecified atom stereocenters. The lowest BCUT2D eigenvalue weighted by atomic mass is 10.0. The Kier molecular flexibility index (Phi) is 78.8. The van der Waals surface area contributed by atoms with Crippen LogP contribution in [0.2, 0.25) is 0 Å². The van der Waals surface area contributed by atoms with E-state index in [1.807, 2.05) is 0 Å². The topological polar surface area (TPSA) is 231 Å². The molecular formula is C89H158O16P2. The molecule has 0 aromatic heterocycles. The Morgan fingerprint density at radius 1 is 0.271 bits per heavy atom. The van der Waals surface area contributed by atoms with Gasteiger partial charge in [0.25, 0.3) is 0 Å². The molecule has 620 valence electrons. The fraction of sp³-hybridized carbons (Fsp3) is 0.764. The summed E-state index contributed by atoms with van der Waals surface area (Å²) in [7, 11) is -9.79. The van der Waals surface area contributed by atoms with Gasteiger partial charge in [-0.05, 0) is 109 Å². The summed E-state index contributed by atoms with van der Waals surface area (Å²) in [6, 6.07) is 0. The average molecular weight is 1550 g/mol. The maximum absolute atomic E-state index is 13.0. The molecule has 5 atom stereocenters. The second-order valence-electron chi connectivity index (χ2n) is 29.0. The summed E-state index contributed by atoms with van der Waals surface area (Å²) in [4.78, 5) is 58.7. The zero-order valence-corrected chi connectivity index (χ0v) is 69.8. The molecule has 4 N–H and O–H groups in total. The van der Waals surface area contributed by atoms with Gasteiger partial charge in [-0.2, -0.15) is 0 Å². The molecule has 0 radical (unpaired) electrons. The standard InChI is InChI=1S/C89H158O16P2/c1-4-7-10-13-16-19-22-25-27-29-31-33-35-37-38-39-40-41-42-43-44-46-48-49-51-53-55-58-60-63-66-69-72-75-87(92)99-78-84(90)79-101-106(95,96)102-80-85(91)81-103-107(97,98)104-83-86(105-89(94)77-74-71-68-65-62-57-24-21-18-15-12-9-6-3)82-100-88(93)76-73-70-67-64-61-59-56-54-52-50-47-45-36-34-32-30-28-26-23-20-17-14-11-8-5-2/h8,11,16-17,19-20,25-28,31-34,37-38,45,47,84-86,90-91H,4-7,9-10,12-15,18,21-24,29-30,35-36,39-44,46,48-83H2,1-3H3,(H,95,96)(H,97,98)/b11-8-,19-16-,20-17-,27-25-,28-26-,33-31-,34-32-,38-37-,47-45-. The van der Waals surface area contributed by atoms with Gasteiger partial charge in [0.2, 0.25) is 0 Å². The molecular weight excluding hydrogens is 1390 g/mol. The van der Waals surface area contributed by atoms with Crippen molar-refractivity contribution in [3.63, 3.8) is 0 Å². The minimum Gasteiger partial charge on any atom is -0.463 e. The Balaban J connectivity index is 4.41. The van der Waals surface area contributed by atoms with E-state index in [0.717, 1.165) is 128 Å². The summed E-state index contributed by atoms with van der Waals surface area (Å²) in [5, 5.41) is 20.7. The van der Waals surface area contributed by atoms with E-state index in [-0.39, 0.29) is 19.3 Å². The fourth-order valence-electron chi connectivity index (χ4n) is 11.9. The highest BCUT2D eigenvalue weighted by molar-refractivity contribution is 7.47. The van der Waals surface area contributed by atoms with Gasteiger partial charge in [-0.25, -0.2) is 9.13 Å². The Bertz CT molecular complexity index is 2380. The molecule has 0 aliphatic carbocycles. The summed E-state index contributed by atoms with van der Waals surface area (Å²) >= 11 is 0. The number of phosphoric acid groups is 2. The Hall–Kier alpha value is -3.79. The molecule has 0 fully saturated rings. The Morgan fingerprint density at radius 2 is 0.495 bits per heavy atom.